The van der Waals surface area contributed by atoms with Crippen molar-refractivity contribution in [3.63, 3.8) is 0 Å². The number of fused-ring (bicyclic) bond motifs is 1. The normalized spacial score (nSPS) is 11.0. The molecule has 2 heterocycles. The molecule has 21 heavy (non-hydrogen) atoms. The zero-order valence-corrected chi connectivity index (χ0v) is 12.3. The van der Waals surface area contributed by atoms with Gasteiger partial charge in [-0.25, -0.2) is 4.98 Å². The molecule has 0 bridgehead atoms. The van der Waals surface area contributed by atoms with Crippen molar-refractivity contribution in [2.75, 3.05) is 0 Å². The van der Waals surface area contributed by atoms with Gasteiger partial charge in [-0.15, -0.1) is 11.3 Å². The fourth-order valence-corrected chi connectivity index (χ4v) is 3.42. The molecule has 3 heteroatoms. The van der Waals surface area contributed by atoms with E-state index in [4.69, 9.17) is 0 Å². The van der Waals surface area contributed by atoms with Crippen molar-refractivity contribution < 1.29 is 0 Å². The highest BCUT2D eigenvalue weighted by Gasteiger charge is 2.08. The molecule has 0 saturated heterocycles. The molecule has 0 saturated carbocycles. The lowest BCUT2D eigenvalue weighted by atomic mass is 10.0. The molecule has 0 unspecified atom stereocenters. The number of imidazole rings is 1. The van der Waals surface area contributed by atoms with E-state index in [2.05, 4.69) is 75.7 Å². The standard InChI is InChI=1S/C18H14N2S/c1-2-8-16-14(5-1)6-3-7-15(16)13-20-11-10-19-18(20)17-9-4-12-21-17/h1-12H,13H2. The first-order chi connectivity index (χ1) is 10.4. The van der Waals surface area contributed by atoms with Crippen LogP contribution in [0, 0.1) is 0 Å². The van der Waals surface area contributed by atoms with E-state index in [1.54, 1.807) is 11.3 Å². The van der Waals surface area contributed by atoms with Crippen LogP contribution in [0.1, 0.15) is 5.56 Å². The molecule has 0 atom stereocenters. The Kier molecular flexibility index (Phi) is 3.05. The Morgan fingerprint density at radius 3 is 2.76 bits per heavy atom. The van der Waals surface area contributed by atoms with Crippen LogP contribution in [0.3, 0.4) is 0 Å². The van der Waals surface area contributed by atoms with Gasteiger partial charge in [0.1, 0.15) is 5.82 Å². The lowest BCUT2D eigenvalue weighted by Gasteiger charge is -2.09. The van der Waals surface area contributed by atoms with Crippen LogP contribution >= 0.6 is 11.3 Å². The predicted octanol–water partition coefficient (Wildman–Crippen LogP) is 4.81. The number of rotatable bonds is 3. The highest BCUT2D eigenvalue weighted by Crippen LogP contribution is 2.25. The van der Waals surface area contributed by atoms with Gasteiger partial charge in [-0.2, -0.15) is 0 Å². The molecule has 4 rings (SSSR count). The Labute approximate surface area is 127 Å². The average molecular weight is 290 g/mol. The van der Waals surface area contributed by atoms with Crippen LogP contribution in [0.25, 0.3) is 21.5 Å². The Morgan fingerprint density at radius 1 is 0.952 bits per heavy atom. The second kappa shape index (κ2) is 5.19. The number of aromatic nitrogens is 2. The fourth-order valence-electron chi connectivity index (χ4n) is 2.68. The molecule has 4 aromatic rings. The largest absolute Gasteiger partial charge is 0.326 e. The number of thiophene rings is 1. The van der Waals surface area contributed by atoms with Crippen LogP contribution in [0.5, 0.6) is 0 Å². The van der Waals surface area contributed by atoms with Crippen LogP contribution in [0.4, 0.5) is 0 Å². The van der Waals surface area contributed by atoms with Gasteiger partial charge >= 0.3 is 0 Å². The van der Waals surface area contributed by atoms with Gasteiger partial charge in [-0.3, -0.25) is 0 Å². The van der Waals surface area contributed by atoms with E-state index >= 15 is 0 Å². The minimum atomic E-state index is 0.842. The first-order valence-corrected chi connectivity index (χ1v) is 7.81. The zero-order valence-electron chi connectivity index (χ0n) is 11.4. The van der Waals surface area contributed by atoms with E-state index < -0.39 is 0 Å². The SMILES string of the molecule is c1csc(-c2nccn2Cc2cccc3ccccc23)c1. The van der Waals surface area contributed by atoms with E-state index in [9.17, 15) is 0 Å². The molecule has 0 aliphatic carbocycles. The molecule has 0 N–H and O–H groups in total. The molecule has 0 aliphatic rings. The molecular weight excluding hydrogens is 276 g/mol. The lowest BCUT2D eigenvalue weighted by molar-refractivity contribution is 0.814. The molecule has 0 aliphatic heterocycles. The summed E-state index contributed by atoms with van der Waals surface area (Å²) in [6.07, 6.45) is 3.93. The quantitative estimate of drug-likeness (QED) is 0.529. The molecule has 2 aromatic carbocycles. The van der Waals surface area contributed by atoms with Gasteiger partial charge in [-0.1, -0.05) is 48.5 Å². The van der Waals surface area contributed by atoms with Crippen molar-refractivity contribution in [3.05, 3.63) is 77.9 Å². The van der Waals surface area contributed by atoms with E-state index in [1.165, 1.54) is 21.2 Å². The summed E-state index contributed by atoms with van der Waals surface area (Å²) in [5.41, 5.74) is 1.32. The monoisotopic (exact) mass is 290 g/mol. The highest BCUT2D eigenvalue weighted by molar-refractivity contribution is 7.13. The third-order valence-electron chi connectivity index (χ3n) is 3.68. The molecular formula is C18H14N2S. The van der Waals surface area contributed by atoms with Crippen molar-refractivity contribution in [2.24, 2.45) is 0 Å². The van der Waals surface area contributed by atoms with Gasteiger partial charge in [-0.05, 0) is 27.8 Å². The average Bonchev–Trinajstić information content (AvgIpc) is 3.18. The minimum absolute atomic E-state index is 0.842. The van der Waals surface area contributed by atoms with Gasteiger partial charge in [0.25, 0.3) is 0 Å². The zero-order chi connectivity index (χ0) is 14.1. The van der Waals surface area contributed by atoms with Gasteiger partial charge in [0.2, 0.25) is 0 Å². The van der Waals surface area contributed by atoms with E-state index in [0.29, 0.717) is 0 Å². The summed E-state index contributed by atoms with van der Waals surface area (Å²) in [6, 6.07) is 19.2. The maximum atomic E-state index is 4.51. The van der Waals surface area contributed by atoms with Crippen molar-refractivity contribution in [3.8, 4) is 10.7 Å². The van der Waals surface area contributed by atoms with Crippen LogP contribution in [-0.4, -0.2) is 9.55 Å². The van der Waals surface area contributed by atoms with E-state index in [-0.39, 0.29) is 0 Å². The van der Waals surface area contributed by atoms with Gasteiger partial charge in [0.05, 0.1) is 4.88 Å². The molecule has 0 spiro atoms. The predicted molar refractivity (Wildman–Crippen MR) is 88.6 cm³/mol. The summed E-state index contributed by atoms with van der Waals surface area (Å²) < 4.78 is 2.22. The van der Waals surface area contributed by atoms with E-state index in [1.807, 2.05) is 6.20 Å². The smallest absolute Gasteiger partial charge is 0.150 e. The second-order valence-electron chi connectivity index (χ2n) is 4.99. The number of hydrogen-bond donors (Lipinski definition) is 0. The van der Waals surface area contributed by atoms with E-state index in [0.717, 1.165) is 12.4 Å². The summed E-state index contributed by atoms with van der Waals surface area (Å²) >= 11 is 1.73. The summed E-state index contributed by atoms with van der Waals surface area (Å²) in [7, 11) is 0. The van der Waals surface area contributed by atoms with Crippen LogP contribution < -0.4 is 0 Å². The second-order valence-corrected chi connectivity index (χ2v) is 5.94. The van der Waals surface area contributed by atoms with Crippen LogP contribution in [-0.2, 0) is 6.54 Å². The van der Waals surface area contributed by atoms with Crippen LogP contribution in [0.2, 0.25) is 0 Å². The third-order valence-corrected chi connectivity index (χ3v) is 4.54. The van der Waals surface area contributed by atoms with Gasteiger partial charge in [0.15, 0.2) is 0 Å². The van der Waals surface area contributed by atoms with Crippen molar-refractivity contribution in [1.29, 1.82) is 0 Å². The molecule has 2 aromatic heterocycles. The summed E-state index contributed by atoms with van der Waals surface area (Å²) in [5, 5.41) is 4.69. The van der Waals surface area contributed by atoms with Crippen molar-refractivity contribution in [2.45, 2.75) is 6.54 Å². The first-order valence-electron chi connectivity index (χ1n) is 6.93. The first kappa shape index (κ1) is 12.4. The molecule has 102 valence electrons. The maximum absolute atomic E-state index is 4.51. The lowest BCUT2D eigenvalue weighted by Crippen LogP contribution is -2.01. The molecule has 0 radical (unpaired) electrons. The number of hydrogen-bond acceptors (Lipinski definition) is 2. The summed E-state index contributed by atoms with van der Waals surface area (Å²) in [6.45, 7) is 0.842. The third kappa shape index (κ3) is 2.26. The Morgan fingerprint density at radius 2 is 1.86 bits per heavy atom. The Balaban J connectivity index is 1.78. The molecule has 0 fully saturated rings. The number of nitrogens with zero attached hydrogens (tertiary/aromatic N) is 2. The summed E-state index contributed by atoms with van der Waals surface area (Å²) in [4.78, 5) is 5.72. The number of benzene rings is 2. The molecule has 0 amide bonds. The van der Waals surface area contributed by atoms with Crippen molar-refractivity contribution >= 4 is 22.1 Å². The highest BCUT2D eigenvalue weighted by atomic mass is 32.1. The Hall–Kier alpha value is -2.39. The van der Waals surface area contributed by atoms with Crippen molar-refractivity contribution in [1.82, 2.24) is 9.55 Å². The fraction of sp³-hybridized carbons (Fsp3) is 0.0556. The van der Waals surface area contributed by atoms with Gasteiger partial charge in [0, 0.05) is 18.9 Å². The maximum Gasteiger partial charge on any atom is 0.150 e. The summed E-state index contributed by atoms with van der Waals surface area (Å²) in [5.74, 6) is 1.04. The Bertz CT molecular complexity index is 870. The van der Waals surface area contributed by atoms with Gasteiger partial charge < -0.3 is 4.57 Å². The topological polar surface area (TPSA) is 17.8 Å². The minimum Gasteiger partial charge on any atom is -0.326 e. The van der Waals surface area contributed by atoms with Crippen LogP contribution in [0.15, 0.2) is 72.4 Å². The molecule has 2 nitrogen and oxygen atoms in total.